The lowest BCUT2D eigenvalue weighted by Crippen LogP contribution is -2.56. The molecular weight excluding hydrogens is 470 g/mol. The fraction of sp³-hybridized carbons (Fsp3) is 0.862. The average Bonchev–Trinajstić information content (AvgIpc) is 2.78. The molecule has 1 unspecified atom stereocenters. The second kappa shape index (κ2) is 17.4. The van der Waals surface area contributed by atoms with Gasteiger partial charge in [0.15, 0.2) is 0 Å². The summed E-state index contributed by atoms with van der Waals surface area (Å²) in [6.07, 6.45) is 7.79. The maximum atomic E-state index is 13.3. The van der Waals surface area contributed by atoms with Gasteiger partial charge in [-0.2, -0.15) is 0 Å². The van der Waals surface area contributed by atoms with E-state index in [9.17, 15) is 19.2 Å². The van der Waals surface area contributed by atoms with E-state index in [4.69, 9.17) is 4.74 Å². The molecule has 3 amide bonds. The Labute approximate surface area is 224 Å². The fourth-order valence-corrected chi connectivity index (χ4v) is 4.70. The topological polar surface area (TPSA) is 114 Å². The summed E-state index contributed by atoms with van der Waals surface area (Å²) in [4.78, 5) is 52.8. The van der Waals surface area contributed by atoms with Crippen LogP contribution in [0.15, 0.2) is 0 Å². The third-order valence-electron chi connectivity index (χ3n) is 6.58. The normalized spacial score (nSPS) is 24.2. The summed E-state index contributed by atoms with van der Waals surface area (Å²) >= 11 is 0. The smallest absolute Gasteiger partial charge is 0.328 e. The highest BCUT2D eigenvalue weighted by Gasteiger charge is 2.33. The van der Waals surface area contributed by atoms with Gasteiger partial charge in [-0.15, -0.1) is 0 Å². The van der Waals surface area contributed by atoms with Crippen LogP contribution in [-0.2, 0) is 23.9 Å². The van der Waals surface area contributed by atoms with Crippen LogP contribution < -0.4 is 16.0 Å². The molecule has 0 aromatic heterocycles. The van der Waals surface area contributed by atoms with Gasteiger partial charge in [-0.25, -0.2) is 4.79 Å². The van der Waals surface area contributed by atoms with E-state index < -0.39 is 36.1 Å². The number of amides is 3. The van der Waals surface area contributed by atoms with Crippen molar-refractivity contribution in [3.05, 3.63) is 0 Å². The molecule has 8 nitrogen and oxygen atoms in total. The zero-order valence-electron chi connectivity index (χ0n) is 24.4. The standard InChI is InChI=1S/C29H53N3O5/c1-8-9-10-11-12-13-14-22-18-26(33)30-23(15-19(2)3)27(34)31-24(16-20(4)5)28(35)32-25(17-21(6)7)29(36)37-22/h19-25H,8-18H2,1-7H3,(H,30,33)(H,31,34)(H,32,35)/t22?,23-,24+,25+/m1/s1. The first kappa shape index (κ1) is 32.9. The minimum atomic E-state index is -0.832. The van der Waals surface area contributed by atoms with Crippen LogP contribution in [0, 0.1) is 17.8 Å². The number of cyclic esters (lactones) is 1. The maximum Gasteiger partial charge on any atom is 0.328 e. The van der Waals surface area contributed by atoms with Crippen LogP contribution in [0.1, 0.15) is 119 Å². The van der Waals surface area contributed by atoms with E-state index in [0.29, 0.717) is 25.7 Å². The number of rotatable bonds is 13. The van der Waals surface area contributed by atoms with Crippen LogP contribution in [0.2, 0.25) is 0 Å². The Bertz CT molecular complexity index is 722. The van der Waals surface area contributed by atoms with Crippen molar-refractivity contribution in [1.29, 1.82) is 0 Å². The van der Waals surface area contributed by atoms with Crippen molar-refractivity contribution in [2.75, 3.05) is 0 Å². The van der Waals surface area contributed by atoms with E-state index in [1.807, 2.05) is 41.5 Å². The van der Waals surface area contributed by atoms with E-state index in [0.717, 1.165) is 19.3 Å². The highest BCUT2D eigenvalue weighted by atomic mass is 16.5. The van der Waals surface area contributed by atoms with E-state index in [2.05, 4.69) is 22.9 Å². The van der Waals surface area contributed by atoms with Crippen LogP contribution in [0.5, 0.6) is 0 Å². The van der Waals surface area contributed by atoms with Crippen LogP contribution in [0.3, 0.4) is 0 Å². The van der Waals surface area contributed by atoms with Crippen molar-refractivity contribution < 1.29 is 23.9 Å². The molecule has 214 valence electrons. The van der Waals surface area contributed by atoms with Gasteiger partial charge in [-0.3, -0.25) is 14.4 Å². The summed E-state index contributed by atoms with van der Waals surface area (Å²) in [7, 11) is 0. The van der Waals surface area contributed by atoms with E-state index >= 15 is 0 Å². The molecule has 0 radical (unpaired) electrons. The van der Waals surface area contributed by atoms with Crippen molar-refractivity contribution in [2.24, 2.45) is 17.8 Å². The molecule has 1 heterocycles. The van der Waals surface area contributed by atoms with Crippen LogP contribution in [0.4, 0.5) is 0 Å². The highest BCUT2D eigenvalue weighted by Crippen LogP contribution is 2.17. The lowest BCUT2D eigenvalue weighted by molar-refractivity contribution is -0.155. The summed E-state index contributed by atoms with van der Waals surface area (Å²) in [6, 6.07) is -2.39. The van der Waals surface area contributed by atoms with Crippen molar-refractivity contribution in [3.63, 3.8) is 0 Å². The largest absolute Gasteiger partial charge is 0.460 e. The average molecular weight is 524 g/mol. The molecule has 0 aliphatic carbocycles. The Morgan fingerprint density at radius 2 is 1.14 bits per heavy atom. The Balaban J connectivity index is 3.20. The van der Waals surface area contributed by atoms with Gasteiger partial charge in [0, 0.05) is 0 Å². The number of hydrogen-bond donors (Lipinski definition) is 3. The first-order chi connectivity index (χ1) is 17.4. The molecule has 1 aliphatic rings. The van der Waals surface area contributed by atoms with Crippen LogP contribution in [-0.4, -0.2) is 47.9 Å². The van der Waals surface area contributed by atoms with Crippen molar-refractivity contribution in [1.82, 2.24) is 16.0 Å². The minimum absolute atomic E-state index is 0.000340. The van der Waals surface area contributed by atoms with Gasteiger partial charge in [0.25, 0.3) is 0 Å². The third-order valence-corrected chi connectivity index (χ3v) is 6.58. The molecule has 0 bridgehead atoms. The third kappa shape index (κ3) is 13.8. The fourth-order valence-electron chi connectivity index (χ4n) is 4.70. The molecule has 0 aromatic carbocycles. The van der Waals surface area contributed by atoms with E-state index in [1.165, 1.54) is 19.3 Å². The summed E-state index contributed by atoms with van der Waals surface area (Å²) in [5.41, 5.74) is 0. The van der Waals surface area contributed by atoms with Gasteiger partial charge in [-0.1, -0.05) is 80.6 Å². The molecule has 3 N–H and O–H groups in total. The van der Waals surface area contributed by atoms with Gasteiger partial charge < -0.3 is 20.7 Å². The van der Waals surface area contributed by atoms with Crippen molar-refractivity contribution >= 4 is 23.7 Å². The Morgan fingerprint density at radius 3 is 1.68 bits per heavy atom. The van der Waals surface area contributed by atoms with E-state index in [-0.39, 0.29) is 36.0 Å². The molecule has 37 heavy (non-hydrogen) atoms. The van der Waals surface area contributed by atoms with Gasteiger partial charge in [-0.05, 0) is 49.9 Å². The summed E-state index contributed by atoms with van der Waals surface area (Å²) in [5.74, 6) is -1.16. The number of ether oxygens (including phenoxy) is 1. The van der Waals surface area contributed by atoms with Gasteiger partial charge in [0.2, 0.25) is 17.7 Å². The lowest BCUT2D eigenvalue weighted by atomic mass is 9.99. The van der Waals surface area contributed by atoms with Crippen LogP contribution in [0.25, 0.3) is 0 Å². The SMILES string of the molecule is CCCCCCCCC1CC(=O)N[C@H](CC(C)C)C(=O)N[C@@H](CC(C)C)C(=O)N[C@@H](CC(C)C)C(=O)O1. The van der Waals surface area contributed by atoms with Gasteiger partial charge in [0.1, 0.15) is 24.2 Å². The predicted octanol–water partition coefficient (Wildman–Crippen LogP) is 4.65. The number of esters is 1. The first-order valence-electron chi connectivity index (χ1n) is 14.5. The monoisotopic (exact) mass is 523 g/mol. The predicted molar refractivity (Wildman–Crippen MR) is 147 cm³/mol. The number of carbonyl (C=O) groups excluding carboxylic acids is 4. The molecule has 0 aromatic rings. The lowest BCUT2D eigenvalue weighted by Gasteiger charge is -2.26. The molecule has 4 atom stereocenters. The molecule has 8 heteroatoms. The van der Waals surface area contributed by atoms with Crippen molar-refractivity contribution in [3.8, 4) is 0 Å². The molecule has 1 aliphatic heterocycles. The second-order valence-electron chi connectivity index (χ2n) is 12.0. The van der Waals surface area contributed by atoms with Gasteiger partial charge >= 0.3 is 5.97 Å². The maximum absolute atomic E-state index is 13.3. The Morgan fingerprint density at radius 1 is 0.676 bits per heavy atom. The second-order valence-corrected chi connectivity index (χ2v) is 12.0. The summed E-state index contributed by atoms with van der Waals surface area (Å²) < 4.78 is 5.86. The van der Waals surface area contributed by atoms with E-state index in [1.54, 1.807) is 0 Å². The zero-order valence-corrected chi connectivity index (χ0v) is 24.4. The molecule has 1 rings (SSSR count). The van der Waals surface area contributed by atoms with Crippen LogP contribution >= 0.6 is 0 Å². The number of nitrogens with one attached hydrogen (secondary N) is 3. The number of carbonyl (C=O) groups is 4. The molecule has 1 saturated heterocycles. The molecule has 0 saturated carbocycles. The number of unbranched alkanes of at least 4 members (excludes halogenated alkanes) is 5. The first-order valence-corrected chi connectivity index (χ1v) is 14.5. The summed E-state index contributed by atoms with van der Waals surface area (Å²) in [5, 5.41) is 8.57. The molecular formula is C29H53N3O5. The quantitative estimate of drug-likeness (QED) is 0.240. The minimum Gasteiger partial charge on any atom is -0.460 e. The highest BCUT2D eigenvalue weighted by molar-refractivity contribution is 5.94. The number of hydrogen-bond acceptors (Lipinski definition) is 5. The molecule has 1 fully saturated rings. The zero-order chi connectivity index (χ0) is 28.0. The summed E-state index contributed by atoms with van der Waals surface area (Å²) in [6.45, 7) is 14.0. The molecule has 0 spiro atoms. The Kier molecular flexibility index (Phi) is 15.5. The Hall–Kier alpha value is -2.12. The van der Waals surface area contributed by atoms with Gasteiger partial charge in [0.05, 0.1) is 6.42 Å². The van der Waals surface area contributed by atoms with Crippen molar-refractivity contribution in [2.45, 2.75) is 143 Å².